The van der Waals surface area contributed by atoms with Crippen LogP contribution in [0.25, 0.3) is 0 Å². The number of aliphatic hydroxyl groups is 2. The summed E-state index contributed by atoms with van der Waals surface area (Å²) in [6.45, 7) is 4.43. The first-order valence-electron chi connectivity index (χ1n) is 9.81. The molecule has 1 spiro atoms. The van der Waals surface area contributed by atoms with Crippen molar-refractivity contribution in [3.63, 3.8) is 0 Å². The predicted octanol–water partition coefficient (Wildman–Crippen LogP) is 2.80. The predicted molar refractivity (Wildman–Crippen MR) is 88.0 cm³/mol. The van der Waals surface area contributed by atoms with Gasteiger partial charge in [0.05, 0.1) is 23.2 Å². The normalized spacial score (nSPS) is 61.8. The maximum absolute atomic E-state index is 12.6. The van der Waals surface area contributed by atoms with E-state index in [1.54, 1.807) is 0 Å². The Morgan fingerprint density at radius 2 is 1.88 bits per heavy atom. The van der Waals surface area contributed by atoms with Crippen molar-refractivity contribution in [2.75, 3.05) is 6.61 Å². The van der Waals surface area contributed by atoms with Crippen molar-refractivity contribution in [1.29, 1.82) is 0 Å². The summed E-state index contributed by atoms with van der Waals surface area (Å²) < 4.78 is 5.72. The number of ether oxygens (including phenoxy) is 1. The second-order valence-corrected chi connectivity index (χ2v) is 10.2. The molecule has 0 aromatic carbocycles. The molecule has 5 aliphatic rings. The Morgan fingerprint density at radius 3 is 2.67 bits per heavy atom. The largest absolute Gasteiger partial charge is 0.465 e. The van der Waals surface area contributed by atoms with E-state index >= 15 is 0 Å². The van der Waals surface area contributed by atoms with E-state index in [-0.39, 0.29) is 22.7 Å². The minimum Gasteiger partial charge on any atom is -0.465 e. The summed E-state index contributed by atoms with van der Waals surface area (Å²) >= 11 is 0. The summed E-state index contributed by atoms with van der Waals surface area (Å²) in [6.07, 6.45) is 8.11. The van der Waals surface area contributed by atoms with Gasteiger partial charge in [-0.25, -0.2) is 0 Å². The van der Waals surface area contributed by atoms with Crippen LogP contribution in [0.3, 0.4) is 0 Å². The van der Waals surface area contributed by atoms with Crippen LogP contribution in [0, 0.1) is 28.1 Å². The van der Waals surface area contributed by atoms with Gasteiger partial charge in [0.15, 0.2) is 0 Å². The molecule has 0 amide bonds. The summed E-state index contributed by atoms with van der Waals surface area (Å²) in [5.74, 6) is 0.499. The van der Waals surface area contributed by atoms with Gasteiger partial charge in [0.1, 0.15) is 0 Å². The lowest BCUT2D eigenvalue weighted by Gasteiger charge is -2.69. The molecule has 5 rings (SSSR count). The minimum atomic E-state index is -0.789. The van der Waals surface area contributed by atoms with Crippen LogP contribution in [0.1, 0.15) is 71.6 Å². The van der Waals surface area contributed by atoms with E-state index < -0.39 is 16.6 Å². The van der Waals surface area contributed by atoms with Crippen LogP contribution in [0.4, 0.5) is 0 Å². The van der Waals surface area contributed by atoms with Gasteiger partial charge in [-0.15, -0.1) is 0 Å². The van der Waals surface area contributed by atoms with E-state index in [4.69, 9.17) is 4.74 Å². The SMILES string of the molecule is C[C@@]1(O)C[C@@]23CC[C@H]4[C@@]5(CCC[C@]4(C)C(=O)OC5)[C@]2(O)CC[C@H]1C3. The number of carbonyl (C=O) groups is 1. The Labute approximate surface area is 144 Å². The monoisotopic (exact) mass is 334 g/mol. The first-order valence-corrected chi connectivity index (χ1v) is 9.81. The first kappa shape index (κ1) is 15.6. The molecule has 1 aliphatic heterocycles. The van der Waals surface area contributed by atoms with E-state index in [2.05, 4.69) is 6.92 Å². The lowest BCUT2D eigenvalue weighted by atomic mass is 9.38. The molecule has 134 valence electrons. The Bertz CT molecular complexity index is 615. The number of hydrogen-bond acceptors (Lipinski definition) is 4. The highest BCUT2D eigenvalue weighted by Crippen LogP contribution is 2.75. The Hall–Kier alpha value is -0.610. The van der Waals surface area contributed by atoms with Gasteiger partial charge in [0, 0.05) is 10.8 Å². The van der Waals surface area contributed by atoms with Crippen LogP contribution in [0.15, 0.2) is 0 Å². The molecular formula is C20H30O4. The van der Waals surface area contributed by atoms with Crippen molar-refractivity contribution in [1.82, 2.24) is 0 Å². The molecule has 0 aromatic heterocycles. The van der Waals surface area contributed by atoms with E-state index in [1.807, 2.05) is 6.92 Å². The lowest BCUT2D eigenvalue weighted by molar-refractivity contribution is -0.299. The van der Waals surface area contributed by atoms with E-state index in [0.717, 1.165) is 51.4 Å². The number of fused-ring (bicyclic) bond motifs is 1. The van der Waals surface area contributed by atoms with Crippen molar-refractivity contribution in [2.24, 2.45) is 28.1 Å². The fourth-order valence-corrected chi connectivity index (χ4v) is 8.28. The molecule has 4 bridgehead atoms. The average molecular weight is 334 g/mol. The van der Waals surface area contributed by atoms with Gasteiger partial charge in [-0.1, -0.05) is 6.42 Å². The van der Waals surface area contributed by atoms with E-state index in [1.165, 1.54) is 0 Å². The number of carbonyl (C=O) groups excluding carboxylic acids is 1. The molecule has 4 heteroatoms. The molecule has 7 atom stereocenters. The van der Waals surface area contributed by atoms with Crippen molar-refractivity contribution in [3.05, 3.63) is 0 Å². The van der Waals surface area contributed by atoms with Crippen LogP contribution in [-0.4, -0.2) is 34.0 Å². The Morgan fingerprint density at radius 1 is 1.08 bits per heavy atom. The molecule has 4 saturated carbocycles. The van der Waals surface area contributed by atoms with E-state index in [0.29, 0.717) is 18.9 Å². The van der Waals surface area contributed by atoms with Crippen LogP contribution in [-0.2, 0) is 9.53 Å². The second kappa shape index (κ2) is 4.20. The highest BCUT2D eigenvalue weighted by atomic mass is 16.5. The van der Waals surface area contributed by atoms with Gasteiger partial charge in [0.2, 0.25) is 0 Å². The standard InChI is InChI=1S/C20H30O4/c1-16-6-3-7-19(12-24-15(16)21)14(16)5-8-18-10-13(17(2,22)11-18)4-9-20(18,19)23/h13-14,22-23H,3-12H2,1-2H3/t13-,14+,16-,17+,18-,19-,20-/m0/s1. The van der Waals surface area contributed by atoms with Crippen molar-refractivity contribution < 1.29 is 19.7 Å². The fourth-order valence-electron chi connectivity index (χ4n) is 8.28. The van der Waals surface area contributed by atoms with Gasteiger partial charge in [-0.05, 0) is 77.0 Å². The highest BCUT2D eigenvalue weighted by molar-refractivity contribution is 5.78. The van der Waals surface area contributed by atoms with Crippen molar-refractivity contribution >= 4 is 5.97 Å². The van der Waals surface area contributed by atoms with Gasteiger partial charge >= 0.3 is 5.97 Å². The molecule has 1 heterocycles. The van der Waals surface area contributed by atoms with Crippen LogP contribution >= 0.6 is 0 Å². The summed E-state index contributed by atoms with van der Waals surface area (Å²) in [7, 11) is 0. The fraction of sp³-hybridized carbons (Fsp3) is 0.950. The van der Waals surface area contributed by atoms with Crippen LogP contribution in [0.5, 0.6) is 0 Å². The second-order valence-electron chi connectivity index (χ2n) is 10.2. The summed E-state index contributed by atoms with van der Waals surface area (Å²) in [5.41, 5.74) is -2.35. The molecule has 0 aromatic rings. The third-order valence-electron chi connectivity index (χ3n) is 9.36. The summed E-state index contributed by atoms with van der Waals surface area (Å²) in [6, 6.07) is 0. The topological polar surface area (TPSA) is 66.8 Å². The van der Waals surface area contributed by atoms with Crippen molar-refractivity contribution in [2.45, 2.75) is 82.8 Å². The zero-order valence-corrected chi connectivity index (χ0v) is 14.9. The molecule has 0 unspecified atom stereocenters. The zero-order chi connectivity index (χ0) is 17.0. The minimum absolute atomic E-state index is 0.0468. The third-order valence-corrected chi connectivity index (χ3v) is 9.36. The number of rotatable bonds is 0. The highest BCUT2D eigenvalue weighted by Gasteiger charge is 2.77. The molecule has 2 N–H and O–H groups in total. The van der Waals surface area contributed by atoms with Crippen LogP contribution < -0.4 is 0 Å². The summed E-state index contributed by atoms with van der Waals surface area (Å²) in [4.78, 5) is 12.6. The number of hydrogen-bond donors (Lipinski definition) is 2. The molecule has 4 nitrogen and oxygen atoms in total. The van der Waals surface area contributed by atoms with E-state index in [9.17, 15) is 15.0 Å². The first-order chi connectivity index (χ1) is 11.2. The van der Waals surface area contributed by atoms with Gasteiger partial charge < -0.3 is 14.9 Å². The van der Waals surface area contributed by atoms with Gasteiger partial charge in [-0.2, -0.15) is 0 Å². The maximum atomic E-state index is 12.6. The quantitative estimate of drug-likeness (QED) is 0.669. The molecule has 5 fully saturated rings. The molecule has 0 radical (unpaired) electrons. The number of esters is 1. The van der Waals surface area contributed by atoms with Gasteiger partial charge in [0.25, 0.3) is 0 Å². The molecule has 24 heavy (non-hydrogen) atoms. The molecule has 4 aliphatic carbocycles. The lowest BCUT2D eigenvalue weighted by Crippen LogP contribution is -2.73. The maximum Gasteiger partial charge on any atom is 0.312 e. The summed E-state index contributed by atoms with van der Waals surface area (Å²) in [5, 5.41) is 23.1. The third kappa shape index (κ3) is 1.45. The zero-order valence-electron chi connectivity index (χ0n) is 14.9. The van der Waals surface area contributed by atoms with Crippen LogP contribution in [0.2, 0.25) is 0 Å². The Balaban J connectivity index is 1.66. The Kier molecular flexibility index (Phi) is 2.73. The average Bonchev–Trinajstić information content (AvgIpc) is 2.74. The molecule has 1 saturated heterocycles. The smallest absolute Gasteiger partial charge is 0.312 e. The van der Waals surface area contributed by atoms with Crippen molar-refractivity contribution in [3.8, 4) is 0 Å². The van der Waals surface area contributed by atoms with Gasteiger partial charge in [-0.3, -0.25) is 4.79 Å². The number of cyclic esters (lactones) is 1. The molecular weight excluding hydrogens is 304 g/mol.